The lowest BCUT2D eigenvalue weighted by Crippen LogP contribution is -2.43. The molecule has 106 valence electrons. The predicted molar refractivity (Wildman–Crippen MR) is 79.6 cm³/mol. The van der Waals surface area contributed by atoms with Crippen LogP contribution in [-0.4, -0.2) is 16.6 Å². The minimum Gasteiger partial charge on any atom is -0.480 e. The van der Waals surface area contributed by atoms with E-state index < -0.39 is 11.5 Å². The SMILES string of the molecule is CCCCCCC(C)(Nc1ccccc1C)C(=O)O. The van der Waals surface area contributed by atoms with Gasteiger partial charge in [0.15, 0.2) is 0 Å². The molecule has 0 saturated heterocycles. The summed E-state index contributed by atoms with van der Waals surface area (Å²) >= 11 is 0. The fourth-order valence-corrected chi connectivity index (χ4v) is 2.14. The third-order valence-electron chi connectivity index (χ3n) is 3.56. The second kappa shape index (κ2) is 7.17. The number of aliphatic carboxylic acids is 1. The van der Waals surface area contributed by atoms with Gasteiger partial charge < -0.3 is 10.4 Å². The van der Waals surface area contributed by atoms with Gasteiger partial charge in [-0.3, -0.25) is 0 Å². The summed E-state index contributed by atoms with van der Waals surface area (Å²) in [6, 6.07) is 7.80. The normalized spacial score (nSPS) is 13.8. The van der Waals surface area contributed by atoms with E-state index in [9.17, 15) is 9.90 Å². The average Bonchev–Trinajstić information content (AvgIpc) is 2.37. The third kappa shape index (κ3) is 4.58. The highest BCUT2D eigenvalue weighted by Crippen LogP contribution is 2.24. The zero-order chi connectivity index (χ0) is 14.3. The van der Waals surface area contributed by atoms with Crippen LogP contribution in [0.2, 0.25) is 0 Å². The van der Waals surface area contributed by atoms with Crippen molar-refractivity contribution in [3.8, 4) is 0 Å². The largest absolute Gasteiger partial charge is 0.480 e. The van der Waals surface area contributed by atoms with E-state index in [4.69, 9.17) is 0 Å². The second-order valence-electron chi connectivity index (χ2n) is 5.39. The zero-order valence-electron chi connectivity index (χ0n) is 12.2. The van der Waals surface area contributed by atoms with Gasteiger partial charge in [0.2, 0.25) is 0 Å². The van der Waals surface area contributed by atoms with Crippen molar-refractivity contribution in [2.45, 2.75) is 58.4 Å². The molecule has 1 atom stereocenters. The Balaban J connectivity index is 2.71. The molecule has 3 nitrogen and oxygen atoms in total. The van der Waals surface area contributed by atoms with Crippen molar-refractivity contribution in [2.24, 2.45) is 0 Å². The molecule has 0 bridgehead atoms. The van der Waals surface area contributed by atoms with Gasteiger partial charge in [-0.25, -0.2) is 4.79 Å². The molecule has 1 unspecified atom stereocenters. The molecular weight excluding hydrogens is 238 g/mol. The van der Waals surface area contributed by atoms with Crippen molar-refractivity contribution >= 4 is 11.7 Å². The molecule has 19 heavy (non-hydrogen) atoms. The van der Waals surface area contributed by atoms with Gasteiger partial charge in [-0.05, 0) is 31.9 Å². The van der Waals surface area contributed by atoms with Gasteiger partial charge in [-0.15, -0.1) is 0 Å². The quantitative estimate of drug-likeness (QED) is 0.690. The van der Waals surface area contributed by atoms with Crippen LogP contribution in [0.4, 0.5) is 5.69 Å². The molecule has 0 amide bonds. The number of carboxylic acids is 1. The summed E-state index contributed by atoms with van der Waals surface area (Å²) in [5.74, 6) is -0.785. The topological polar surface area (TPSA) is 49.3 Å². The van der Waals surface area contributed by atoms with Crippen LogP contribution in [0, 0.1) is 6.92 Å². The Morgan fingerprint density at radius 1 is 1.26 bits per heavy atom. The summed E-state index contributed by atoms with van der Waals surface area (Å²) < 4.78 is 0. The summed E-state index contributed by atoms with van der Waals surface area (Å²) in [5.41, 5.74) is 1.09. The summed E-state index contributed by atoms with van der Waals surface area (Å²) in [6.07, 6.45) is 5.01. The molecule has 1 rings (SSSR count). The van der Waals surface area contributed by atoms with Crippen molar-refractivity contribution in [3.63, 3.8) is 0 Å². The van der Waals surface area contributed by atoms with E-state index >= 15 is 0 Å². The third-order valence-corrected chi connectivity index (χ3v) is 3.56. The molecule has 1 aromatic carbocycles. The molecule has 0 saturated carbocycles. The maximum atomic E-state index is 11.5. The Morgan fingerprint density at radius 3 is 2.53 bits per heavy atom. The van der Waals surface area contributed by atoms with Crippen LogP contribution in [0.5, 0.6) is 0 Å². The lowest BCUT2D eigenvalue weighted by molar-refractivity contribution is -0.142. The first-order chi connectivity index (χ1) is 8.99. The molecule has 3 heteroatoms. The highest BCUT2D eigenvalue weighted by molar-refractivity contribution is 5.82. The maximum absolute atomic E-state index is 11.5. The van der Waals surface area contributed by atoms with Crippen molar-refractivity contribution in [1.82, 2.24) is 0 Å². The molecule has 0 aromatic heterocycles. The number of carboxylic acid groups (broad SMARTS) is 1. The summed E-state index contributed by atoms with van der Waals surface area (Å²) in [6.45, 7) is 5.91. The molecule has 0 spiro atoms. The number of para-hydroxylation sites is 1. The fraction of sp³-hybridized carbons (Fsp3) is 0.562. The first kappa shape index (κ1) is 15.5. The standard InChI is InChI=1S/C16H25NO2/c1-4-5-6-9-12-16(3,15(18)19)17-14-11-8-7-10-13(14)2/h7-8,10-11,17H,4-6,9,12H2,1-3H3,(H,18,19). The number of carbonyl (C=O) groups is 1. The van der Waals surface area contributed by atoms with E-state index in [-0.39, 0.29) is 0 Å². The molecule has 0 radical (unpaired) electrons. The number of nitrogens with one attached hydrogen (secondary N) is 1. The van der Waals surface area contributed by atoms with Crippen LogP contribution in [-0.2, 0) is 4.79 Å². The molecule has 2 N–H and O–H groups in total. The molecule has 0 aliphatic rings. The summed E-state index contributed by atoms with van der Waals surface area (Å²) in [7, 11) is 0. The van der Waals surface area contributed by atoms with Gasteiger partial charge in [0.1, 0.15) is 5.54 Å². The van der Waals surface area contributed by atoms with Crippen LogP contribution >= 0.6 is 0 Å². The van der Waals surface area contributed by atoms with Gasteiger partial charge in [0.05, 0.1) is 0 Å². The zero-order valence-corrected chi connectivity index (χ0v) is 12.2. The maximum Gasteiger partial charge on any atom is 0.329 e. The molecule has 0 heterocycles. The Morgan fingerprint density at radius 2 is 1.95 bits per heavy atom. The average molecular weight is 263 g/mol. The number of hydrogen-bond acceptors (Lipinski definition) is 2. The van der Waals surface area contributed by atoms with Gasteiger partial charge in [0.25, 0.3) is 0 Å². The highest BCUT2D eigenvalue weighted by atomic mass is 16.4. The Hall–Kier alpha value is -1.51. The molecule has 1 aromatic rings. The van der Waals surface area contributed by atoms with E-state index in [0.29, 0.717) is 6.42 Å². The van der Waals surface area contributed by atoms with Crippen LogP contribution < -0.4 is 5.32 Å². The van der Waals surface area contributed by atoms with E-state index in [1.165, 1.54) is 6.42 Å². The first-order valence-corrected chi connectivity index (χ1v) is 7.07. The van der Waals surface area contributed by atoms with Gasteiger partial charge in [0, 0.05) is 5.69 Å². The summed E-state index contributed by atoms with van der Waals surface area (Å²) in [5, 5.41) is 12.7. The van der Waals surface area contributed by atoms with Gasteiger partial charge in [-0.2, -0.15) is 0 Å². The Bertz CT molecular complexity index is 417. The summed E-state index contributed by atoms with van der Waals surface area (Å²) in [4.78, 5) is 11.5. The molecule has 0 fully saturated rings. The lowest BCUT2D eigenvalue weighted by atomic mass is 9.93. The van der Waals surface area contributed by atoms with Crippen molar-refractivity contribution in [1.29, 1.82) is 0 Å². The number of anilines is 1. The minimum absolute atomic E-state index is 0.649. The number of aryl methyl sites for hydroxylation is 1. The number of benzene rings is 1. The number of unbranched alkanes of at least 4 members (excludes halogenated alkanes) is 3. The monoisotopic (exact) mass is 263 g/mol. The number of hydrogen-bond donors (Lipinski definition) is 2. The highest BCUT2D eigenvalue weighted by Gasteiger charge is 2.32. The van der Waals surface area contributed by atoms with E-state index in [1.54, 1.807) is 6.92 Å². The Labute approximate surface area is 116 Å². The minimum atomic E-state index is -0.889. The van der Waals surface area contributed by atoms with Gasteiger partial charge >= 0.3 is 5.97 Å². The second-order valence-corrected chi connectivity index (χ2v) is 5.39. The lowest BCUT2D eigenvalue weighted by Gasteiger charge is -2.28. The van der Waals surface area contributed by atoms with Crippen LogP contribution in [0.1, 0.15) is 51.5 Å². The van der Waals surface area contributed by atoms with Crippen molar-refractivity contribution in [2.75, 3.05) is 5.32 Å². The van der Waals surface area contributed by atoms with E-state index in [1.807, 2.05) is 31.2 Å². The van der Waals surface area contributed by atoms with Crippen molar-refractivity contribution < 1.29 is 9.90 Å². The van der Waals surface area contributed by atoms with E-state index in [0.717, 1.165) is 30.5 Å². The van der Waals surface area contributed by atoms with Crippen LogP contribution in [0.25, 0.3) is 0 Å². The predicted octanol–water partition coefficient (Wildman–Crippen LogP) is 4.22. The fourth-order valence-electron chi connectivity index (χ4n) is 2.14. The van der Waals surface area contributed by atoms with Gasteiger partial charge in [-0.1, -0.05) is 50.8 Å². The Kier molecular flexibility index (Phi) is 5.87. The molecule has 0 aliphatic carbocycles. The van der Waals surface area contributed by atoms with Crippen LogP contribution in [0.15, 0.2) is 24.3 Å². The molecular formula is C16H25NO2. The van der Waals surface area contributed by atoms with E-state index in [2.05, 4.69) is 12.2 Å². The first-order valence-electron chi connectivity index (χ1n) is 7.07. The molecule has 0 aliphatic heterocycles. The number of rotatable bonds is 8. The van der Waals surface area contributed by atoms with Crippen molar-refractivity contribution in [3.05, 3.63) is 29.8 Å². The van der Waals surface area contributed by atoms with Crippen LogP contribution in [0.3, 0.4) is 0 Å². The smallest absolute Gasteiger partial charge is 0.329 e.